The summed E-state index contributed by atoms with van der Waals surface area (Å²) < 4.78 is 24.4. The number of halogens is 1. The number of methoxy groups -OCH3 is 1. The number of para-hydroxylation sites is 1. The summed E-state index contributed by atoms with van der Waals surface area (Å²) in [6, 6.07) is 8.65. The molecule has 0 radical (unpaired) electrons. The number of carbonyl (C=O) groups excluding carboxylic acids is 1. The van der Waals surface area contributed by atoms with E-state index in [4.69, 9.17) is 4.74 Å². The molecule has 0 spiro atoms. The molecule has 24 heavy (non-hydrogen) atoms. The average molecular weight is 331 g/mol. The summed E-state index contributed by atoms with van der Waals surface area (Å²) in [4.78, 5) is 11.4. The second-order valence-electron chi connectivity index (χ2n) is 5.58. The fraction of sp³-hybridized carbons (Fsp3) is 0.316. The van der Waals surface area contributed by atoms with Crippen molar-refractivity contribution in [2.45, 2.75) is 33.8 Å². The van der Waals surface area contributed by atoms with Crippen LogP contribution in [0.2, 0.25) is 0 Å². The van der Waals surface area contributed by atoms with Crippen molar-refractivity contribution in [3.63, 3.8) is 0 Å². The molecule has 0 aromatic heterocycles. The Morgan fingerprint density at radius 3 is 2.58 bits per heavy atom. The number of hydrogen-bond acceptors (Lipinski definition) is 3. The minimum atomic E-state index is -0.722. The van der Waals surface area contributed by atoms with E-state index >= 15 is 0 Å². The van der Waals surface area contributed by atoms with Crippen molar-refractivity contribution < 1.29 is 18.7 Å². The Labute approximate surface area is 141 Å². The number of amides is 1. The molecule has 1 amide bonds. The Kier molecular flexibility index (Phi) is 5.79. The van der Waals surface area contributed by atoms with Crippen LogP contribution in [0.15, 0.2) is 30.3 Å². The van der Waals surface area contributed by atoms with Crippen LogP contribution >= 0.6 is 0 Å². The fourth-order valence-corrected chi connectivity index (χ4v) is 2.52. The number of benzene rings is 2. The van der Waals surface area contributed by atoms with Gasteiger partial charge in [0, 0.05) is 5.56 Å². The molecule has 128 valence electrons. The predicted molar refractivity (Wildman–Crippen MR) is 92.1 cm³/mol. The molecule has 0 saturated heterocycles. The zero-order chi connectivity index (χ0) is 17.7. The highest BCUT2D eigenvalue weighted by Gasteiger charge is 2.13. The lowest BCUT2D eigenvalue weighted by Gasteiger charge is -2.15. The van der Waals surface area contributed by atoms with Gasteiger partial charge in [-0.3, -0.25) is 5.32 Å². The molecule has 0 heterocycles. The Balaban J connectivity index is 2.22. The third kappa shape index (κ3) is 4.04. The molecule has 2 rings (SSSR count). The summed E-state index contributed by atoms with van der Waals surface area (Å²) in [6.45, 7) is 6.27. The zero-order valence-electron chi connectivity index (χ0n) is 14.4. The van der Waals surface area contributed by atoms with Crippen molar-refractivity contribution in [1.82, 2.24) is 0 Å². The highest BCUT2D eigenvalue weighted by Crippen LogP contribution is 2.26. The lowest BCUT2D eigenvalue weighted by atomic mass is 10.0. The van der Waals surface area contributed by atoms with Crippen molar-refractivity contribution in [1.29, 1.82) is 0 Å². The van der Waals surface area contributed by atoms with Crippen LogP contribution in [0.1, 0.15) is 29.2 Å². The highest BCUT2D eigenvalue weighted by molar-refractivity contribution is 5.85. The van der Waals surface area contributed by atoms with Crippen molar-refractivity contribution in [3.05, 3.63) is 58.4 Å². The van der Waals surface area contributed by atoms with E-state index in [2.05, 4.69) is 23.0 Å². The zero-order valence-corrected chi connectivity index (χ0v) is 14.4. The quantitative estimate of drug-likeness (QED) is 0.859. The SMILES string of the molecule is CCc1cc(C)c(OCc2cccc(F)c2NC(=O)OC)cc1C. The van der Waals surface area contributed by atoms with Gasteiger partial charge in [-0.25, -0.2) is 9.18 Å². The van der Waals surface area contributed by atoms with Crippen LogP contribution in [0.25, 0.3) is 0 Å². The topological polar surface area (TPSA) is 47.6 Å². The maximum atomic E-state index is 14.0. The number of nitrogens with one attached hydrogen (secondary N) is 1. The number of aryl methyl sites for hydroxylation is 3. The Hall–Kier alpha value is -2.56. The van der Waals surface area contributed by atoms with E-state index in [1.807, 2.05) is 19.9 Å². The summed E-state index contributed by atoms with van der Waals surface area (Å²) in [7, 11) is 1.23. The lowest BCUT2D eigenvalue weighted by molar-refractivity contribution is 0.186. The number of hydrogen-bond donors (Lipinski definition) is 1. The third-order valence-corrected chi connectivity index (χ3v) is 3.91. The Morgan fingerprint density at radius 2 is 1.92 bits per heavy atom. The summed E-state index contributed by atoms with van der Waals surface area (Å²) >= 11 is 0. The largest absolute Gasteiger partial charge is 0.489 e. The summed E-state index contributed by atoms with van der Waals surface area (Å²) in [5.74, 6) is 0.216. The van der Waals surface area contributed by atoms with Crippen molar-refractivity contribution in [3.8, 4) is 5.75 Å². The van der Waals surface area contributed by atoms with Gasteiger partial charge in [0.25, 0.3) is 0 Å². The van der Waals surface area contributed by atoms with Crippen molar-refractivity contribution >= 4 is 11.8 Å². The van der Waals surface area contributed by atoms with Gasteiger partial charge in [0.05, 0.1) is 12.8 Å². The average Bonchev–Trinajstić information content (AvgIpc) is 2.57. The molecule has 2 aromatic rings. The maximum Gasteiger partial charge on any atom is 0.411 e. The van der Waals surface area contributed by atoms with Crippen molar-refractivity contribution in [2.24, 2.45) is 0 Å². The van der Waals surface area contributed by atoms with Crippen LogP contribution in [-0.2, 0) is 17.8 Å². The van der Waals surface area contributed by atoms with Crippen LogP contribution in [0.5, 0.6) is 5.75 Å². The van der Waals surface area contributed by atoms with Gasteiger partial charge in [-0.2, -0.15) is 0 Å². The number of ether oxygens (including phenoxy) is 2. The molecule has 0 aliphatic heterocycles. The molecule has 0 bridgehead atoms. The van der Waals surface area contributed by atoms with E-state index < -0.39 is 11.9 Å². The Bertz CT molecular complexity index is 744. The van der Waals surface area contributed by atoms with Crippen LogP contribution in [0.3, 0.4) is 0 Å². The minimum Gasteiger partial charge on any atom is -0.489 e. The first-order valence-electron chi connectivity index (χ1n) is 7.81. The van der Waals surface area contributed by atoms with Gasteiger partial charge in [-0.15, -0.1) is 0 Å². The van der Waals surface area contributed by atoms with E-state index in [0.717, 1.165) is 23.3 Å². The minimum absolute atomic E-state index is 0.0731. The van der Waals surface area contributed by atoms with Gasteiger partial charge in [0.2, 0.25) is 0 Å². The first-order valence-corrected chi connectivity index (χ1v) is 7.81. The van der Waals surface area contributed by atoms with Crippen LogP contribution in [0.4, 0.5) is 14.9 Å². The molecule has 0 fully saturated rings. The molecule has 4 nitrogen and oxygen atoms in total. The van der Waals surface area contributed by atoms with Gasteiger partial charge in [-0.05, 0) is 49.1 Å². The summed E-state index contributed by atoms with van der Waals surface area (Å²) in [5.41, 5.74) is 4.07. The maximum absolute atomic E-state index is 14.0. The van der Waals surface area contributed by atoms with Crippen molar-refractivity contribution in [2.75, 3.05) is 12.4 Å². The standard InChI is InChI=1S/C19H22FNO3/c1-5-14-9-13(3)17(10-12(14)2)24-11-15-7-6-8-16(20)18(15)21-19(22)23-4/h6-10H,5,11H2,1-4H3,(H,21,22). The monoisotopic (exact) mass is 331 g/mol. The van der Waals surface area contributed by atoms with E-state index in [1.54, 1.807) is 12.1 Å². The second kappa shape index (κ2) is 7.81. The molecule has 0 unspecified atom stereocenters. The van der Waals surface area contributed by atoms with E-state index in [-0.39, 0.29) is 12.3 Å². The molecule has 2 aromatic carbocycles. The molecular weight excluding hydrogens is 309 g/mol. The molecule has 0 saturated carbocycles. The third-order valence-electron chi connectivity index (χ3n) is 3.91. The highest BCUT2D eigenvalue weighted by atomic mass is 19.1. The van der Waals surface area contributed by atoms with Crippen LogP contribution in [0, 0.1) is 19.7 Å². The molecule has 0 aliphatic carbocycles. The van der Waals surface area contributed by atoms with E-state index in [9.17, 15) is 9.18 Å². The molecule has 5 heteroatoms. The number of rotatable bonds is 5. The van der Waals surface area contributed by atoms with Crippen LogP contribution in [-0.4, -0.2) is 13.2 Å². The molecule has 0 atom stereocenters. The second-order valence-corrected chi connectivity index (χ2v) is 5.58. The van der Waals surface area contributed by atoms with Gasteiger partial charge in [-0.1, -0.05) is 25.1 Å². The van der Waals surface area contributed by atoms with E-state index in [0.29, 0.717) is 5.56 Å². The fourth-order valence-electron chi connectivity index (χ4n) is 2.52. The number of anilines is 1. The smallest absolute Gasteiger partial charge is 0.411 e. The van der Waals surface area contributed by atoms with Gasteiger partial charge >= 0.3 is 6.09 Å². The number of carbonyl (C=O) groups is 1. The normalized spacial score (nSPS) is 10.4. The lowest BCUT2D eigenvalue weighted by Crippen LogP contribution is -2.14. The molecular formula is C19H22FNO3. The molecule has 1 N–H and O–H groups in total. The first kappa shape index (κ1) is 17.8. The van der Waals surface area contributed by atoms with Gasteiger partial charge in [0.15, 0.2) is 0 Å². The Morgan fingerprint density at radius 1 is 1.17 bits per heavy atom. The van der Waals surface area contributed by atoms with Gasteiger partial charge in [0.1, 0.15) is 18.2 Å². The van der Waals surface area contributed by atoms with Crippen LogP contribution < -0.4 is 10.1 Å². The summed E-state index contributed by atoms with van der Waals surface area (Å²) in [5, 5.41) is 2.39. The molecule has 0 aliphatic rings. The van der Waals surface area contributed by atoms with Gasteiger partial charge < -0.3 is 9.47 Å². The summed E-state index contributed by atoms with van der Waals surface area (Å²) in [6.07, 6.45) is 0.241. The van der Waals surface area contributed by atoms with E-state index in [1.165, 1.54) is 18.7 Å². The predicted octanol–water partition coefficient (Wildman–Crippen LogP) is 4.76. The first-order chi connectivity index (χ1) is 11.5.